The Morgan fingerprint density at radius 3 is 2.88 bits per heavy atom. The van der Waals surface area contributed by atoms with Crippen LogP contribution in [0.2, 0.25) is 0 Å². The molecule has 1 heterocycles. The van der Waals surface area contributed by atoms with Gasteiger partial charge in [0.05, 0.1) is 12.6 Å². The molecule has 4 N–H and O–H groups in total. The van der Waals surface area contributed by atoms with E-state index in [2.05, 4.69) is 15.6 Å². The van der Waals surface area contributed by atoms with Gasteiger partial charge in [-0.1, -0.05) is 0 Å². The molecule has 1 saturated carbocycles. The summed E-state index contributed by atoms with van der Waals surface area (Å²) in [6.45, 7) is 3.61. The molecule has 0 bridgehead atoms. The Morgan fingerprint density at radius 1 is 1.35 bits per heavy atom. The molecule has 0 spiro atoms. The second-order valence-corrected chi connectivity index (χ2v) is 4.85. The fourth-order valence-electron chi connectivity index (χ4n) is 2.30. The van der Waals surface area contributed by atoms with Crippen molar-refractivity contribution in [3.05, 3.63) is 0 Å². The van der Waals surface area contributed by atoms with E-state index in [1.54, 1.807) is 0 Å². The van der Waals surface area contributed by atoms with Gasteiger partial charge in [0.15, 0.2) is 5.96 Å². The summed E-state index contributed by atoms with van der Waals surface area (Å²) in [6, 6.07) is 0.406. The lowest BCUT2D eigenvalue weighted by atomic mass is 9.94. The molecule has 0 unspecified atom stereocenters. The van der Waals surface area contributed by atoms with Crippen LogP contribution >= 0.6 is 0 Å². The van der Waals surface area contributed by atoms with Gasteiger partial charge in [-0.2, -0.15) is 0 Å². The van der Waals surface area contributed by atoms with Crippen LogP contribution in [0.4, 0.5) is 0 Å². The zero-order valence-electron chi connectivity index (χ0n) is 10.5. The van der Waals surface area contributed by atoms with Crippen molar-refractivity contribution in [2.45, 2.75) is 44.2 Å². The Hall–Kier alpha value is -0.810. The summed E-state index contributed by atoms with van der Waals surface area (Å²) in [5.74, 6) is 0.939. The summed E-state index contributed by atoms with van der Waals surface area (Å²) in [5, 5.41) is 6.45. The lowest BCUT2D eigenvalue weighted by Gasteiger charge is -2.26. The van der Waals surface area contributed by atoms with Crippen LogP contribution in [0.25, 0.3) is 0 Å². The molecule has 0 amide bonds. The summed E-state index contributed by atoms with van der Waals surface area (Å²) < 4.78 is 5.84. The monoisotopic (exact) mass is 240 g/mol. The minimum atomic E-state index is 0.406. The molecule has 5 heteroatoms. The highest BCUT2D eigenvalue weighted by atomic mass is 16.5. The van der Waals surface area contributed by atoms with Crippen LogP contribution in [0.3, 0.4) is 0 Å². The highest BCUT2D eigenvalue weighted by Gasteiger charge is 2.18. The molecule has 0 aromatic carbocycles. The number of aliphatic imine (C=N–C) groups is 1. The number of hydrogen-bond donors (Lipinski definition) is 3. The van der Waals surface area contributed by atoms with Crippen molar-refractivity contribution in [2.24, 2.45) is 10.7 Å². The average Bonchev–Trinajstić information content (AvgIpc) is 2.84. The molecule has 0 aromatic heterocycles. The van der Waals surface area contributed by atoms with Gasteiger partial charge < -0.3 is 21.1 Å². The lowest BCUT2D eigenvalue weighted by Crippen LogP contribution is -2.35. The molecule has 1 fully saturated rings. The predicted molar refractivity (Wildman–Crippen MR) is 69.1 cm³/mol. The molecule has 0 saturated heterocycles. The van der Waals surface area contributed by atoms with Crippen molar-refractivity contribution in [1.29, 1.82) is 0 Å². The number of guanidine groups is 1. The van der Waals surface area contributed by atoms with Crippen LogP contribution in [0.5, 0.6) is 0 Å². The molecule has 0 radical (unpaired) electrons. The Kier molecular flexibility index (Phi) is 5.07. The molecule has 1 aliphatic heterocycles. The third kappa shape index (κ3) is 4.52. The second-order valence-electron chi connectivity index (χ2n) is 4.85. The fraction of sp³-hybridized carbons (Fsp3) is 0.917. The van der Waals surface area contributed by atoms with E-state index in [1.807, 2.05) is 0 Å². The highest BCUT2D eigenvalue weighted by Crippen LogP contribution is 2.19. The standard InChI is InChI=1S/C12H24N4O/c13-10-2-4-11(5-3-10)17-9-1-6-14-12-15-7-8-16-12/h10-11H,1-9,13H2,(H2,14,15,16). The molecular weight excluding hydrogens is 216 g/mol. The van der Waals surface area contributed by atoms with Crippen molar-refractivity contribution in [1.82, 2.24) is 10.6 Å². The van der Waals surface area contributed by atoms with Crippen LogP contribution in [-0.4, -0.2) is 44.3 Å². The topological polar surface area (TPSA) is 71.7 Å². The predicted octanol–water partition coefficient (Wildman–Crippen LogP) is 0.212. The summed E-state index contributed by atoms with van der Waals surface area (Å²) in [7, 11) is 0. The molecule has 1 aliphatic carbocycles. The maximum Gasteiger partial charge on any atom is 0.191 e. The van der Waals surface area contributed by atoms with E-state index in [0.29, 0.717) is 12.1 Å². The number of ether oxygens (including phenoxy) is 1. The van der Waals surface area contributed by atoms with Crippen LogP contribution in [0.1, 0.15) is 32.1 Å². The van der Waals surface area contributed by atoms with Gasteiger partial charge in [0.1, 0.15) is 0 Å². The SMILES string of the molecule is NC1CCC(OCCCNC2=NCCN2)CC1. The zero-order chi connectivity index (χ0) is 11.9. The van der Waals surface area contributed by atoms with Crippen LogP contribution in [-0.2, 0) is 4.74 Å². The third-order valence-corrected chi connectivity index (χ3v) is 3.36. The minimum absolute atomic E-state index is 0.406. The van der Waals surface area contributed by atoms with Crippen molar-refractivity contribution in [2.75, 3.05) is 26.2 Å². The van der Waals surface area contributed by atoms with Gasteiger partial charge in [-0.15, -0.1) is 0 Å². The summed E-state index contributed by atoms with van der Waals surface area (Å²) in [4.78, 5) is 4.27. The van der Waals surface area contributed by atoms with Gasteiger partial charge in [0, 0.05) is 25.7 Å². The van der Waals surface area contributed by atoms with Crippen LogP contribution in [0, 0.1) is 0 Å². The average molecular weight is 240 g/mol. The largest absolute Gasteiger partial charge is 0.378 e. The summed E-state index contributed by atoms with van der Waals surface area (Å²) in [5.41, 5.74) is 5.86. The van der Waals surface area contributed by atoms with E-state index in [1.165, 1.54) is 0 Å². The Balaban J connectivity index is 1.46. The molecule has 0 aromatic rings. The molecule has 98 valence electrons. The first-order chi connectivity index (χ1) is 8.34. The number of nitrogens with two attached hydrogens (primary N) is 1. The number of nitrogens with one attached hydrogen (secondary N) is 2. The fourth-order valence-corrected chi connectivity index (χ4v) is 2.30. The zero-order valence-corrected chi connectivity index (χ0v) is 10.5. The van der Waals surface area contributed by atoms with Crippen molar-refractivity contribution in [3.8, 4) is 0 Å². The van der Waals surface area contributed by atoms with Gasteiger partial charge in [0.25, 0.3) is 0 Å². The molecular formula is C12H24N4O. The van der Waals surface area contributed by atoms with Gasteiger partial charge >= 0.3 is 0 Å². The first-order valence-corrected chi connectivity index (χ1v) is 6.74. The summed E-state index contributed by atoms with van der Waals surface area (Å²) >= 11 is 0. The van der Waals surface area contributed by atoms with E-state index in [-0.39, 0.29) is 0 Å². The normalized spacial score (nSPS) is 28.6. The third-order valence-electron chi connectivity index (χ3n) is 3.36. The Morgan fingerprint density at radius 2 is 2.18 bits per heavy atom. The molecule has 17 heavy (non-hydrogen) atoms. The van der Waals surface area contributed by atoms with Gasteiger partial charge in [-0.05, 0) is 32.1 Å². The molecule has 2 aliphatic rings. The van der Waals surface area contributed by atoms with Crippen LogP contribution < -0.4 is 16.4 Å². The van der Waals surface area contributed by atoms with E-state index in [0.717, 1.165) is 64.3 Å². The smallest absolute Gasteiger partial charge is 0.191 e. The van der Waals surface area contributed by atoms with E-state index in [9.17, 15) is 0 Å². The van der Waals surface area contributed by atoms with E-state index >= 15 is 0 Å². The van der Waals surface area contributed by atoms with Crippen LogP contribution in [0.15, 0.2) is 4.99 Å². The summed E-state index contributed by atoms with van der Waals surface area (Å²) in [6.07, 6.45) is 5.96. The van der Waals surface area contributed by atoms with Gasteiger partial charge in [-0.3, -0.25) is 4.99 Å². The lowest BCUT2D eigenvalue weighted by molar-refractivity contribution is 0.0244. The first-order valence-electron chi connectivity index (χ1n) is 6.74. The second kappa shape index (κ2) is 6.81. The Labute approximate surface area is 103 Å². The quantitative estimate of drug-likeness (QED) is 0.601. The number of nitrogens with zero attached hydrogens (tertiary/aromatic N) is 1. The van der Waals surface area contributed by atoms with E-state index in [4.69, 9.17) is 10.5 Å². The highest BCUT2D eigenvalue weighted by molar-refractivity contribution is 5.81. The minimum Gasteiger partial charge on any atom is -0.378 e. The first kappa shape index (κ1) is 12.6. The van der Waals surface area contributed by atoms with Crippen molar-refractivity contribution >= 4 is 5.96 Å². The maximum atomic E-state index is 5.86. The van der Waals surface area contributed by atoms with Crippen molar-refractivity contribution < 1.29 is 4.74 Å². The number of rotatable bonds is 5. The van der Waals surface area contributed by atoms with Gasteiger partial charge in [-0.25, -0.2) is 0 Å². The van der Waals surface area contributed by atoms with Crippen molar-refractivity contribution in [3.63, 3.8) is 0 Å². The van der Waals surface area contributed by atoms with E-state index < -0.39 is 0 Å². The number of hydrogen-bond acceptors (Lipinski definition) is 5. The molecule has 0 atom stereocenters. The molecule has 5 nitrogen and oxygen atoms in total. The van der Waals surface area contributed by atoms with Gasteiger partial charge in [0.2, 0.25) is 0 Å². The molecule has 2 rings (SSSR count). The maximum absolute atomic E-state index is 5.86. The Bertz CT molecular complexity index is 249.